The standard InChI is InChI=1S/C16H13ClN2/c17-15-5-4-13-10-19-7-6-14(13)16(15)12-3-1-2-11(8-12)9-18/h1-8,10H,9,18H2. The lowest BCUT2D eigenvalue weighted by atomic mass is 9.98. The van der Waals surface area contributed by atoms with Gasteiger partial charge in [-0.25, -0.2) is 0 Å². The number of halogens is 1. The van der Waals surface area contributed by atoms with Gasteiger partial charge in [0.1, 0.15) is 0 Å². The lowest BCUT2D eigenvalue weighted by molar-refractivity contribution is 1.07. The summed E-state index contributed by atoms with van der Waals surface area (Å²) in [7, 11) is 0. The SMILES string of the molecule is NCc1cccc(-c2c(Cl)ccc3cnccc23)c1. The second kappa shape index (κ2) is 5.00. The number of nitrogens with two attached hydrogens (primary N) is 1. The Morgan fingerprint density at radius 3 is 2.84 bits per heavy atom. The number of hydrogen-bond acceptors (Lipinski definition) is 2. The fraction of sp³-hybridized carbons (Fsp3) is 0.0625. The van der Waals surface area contributed by atoms with Crippen molar-refractivity contribution in [2.75, 3.05) is 0 Å². The van der Waals surface area contributed by atoms with E-state index in [1.165, 1.54) is 0 Å². The van der Waals surface area contributed by atoms with E-state index in [4.69, 9.17) is 17.3 Å². The van der Waals surface area contributed by atoms with Crippen molar-refractivity contribution >= 4 is 22.4 Å². The first-order valence-corrected chi connectivity index (χ1v) is 6.49. The van der Waals surface area contributed by atoms with Gasteiger partial charge in [0.2, 0.25) is 0 Å². The molecule has 0 spiro atoms. The molecule has 94 valence electrons. The molecule has 2 N–H and O–H groups in total. The number of rotatable bonds is 2. The van der Waals surface area contributed by atoms with Crippen LogP contribution in [0.5, 0.6) is 0 Å². The highest BCUT2D eigenvalue weighted by Gasteiger charge is 2.09. The van der Waals surface area contributed by atoms with Crippen LogP contribution in [-0.2, 0) is 6.54 Å². The van der Waals surface area contributed by atoms with Crippen LogP contribution in [0.25, 0.3) is 21.9 Å². The highest BCUT2D eigenvalue weighted by atomic mass is 35.5. The molecule has 3 rings (SSSR count). The molecule has 0 radical (unpaired) electrons. The molecule has 1 heterocycles. The van der Waals surface area contributed by atoms with Gasteiger partial charge in [0.25, 0.3) is 0 Å². The molecule has 0 aliphatic rings. The van der Waals surface area contributed by atoms with Gasteiger partial charge in [-0.05, 0) is 34.7 Å². The smallest absolute Gasteiger partial charge is 0.0490 e. The van der Waals surface area contributed by atoms with E-state index in [1.54, 1.807) is 6.20 Å². The lowest BCUT2D eigenvalue weighted by Crippen LogP contribution is -1.96. The average Bonchev–Trinajstić information content (AvgIpc) is 2.47. The zero-order chi connectivity index (χ0) is 13.2. The van der Waals surface area contributed by atoms with E-state index < -0.39 is 0 Å². The van der Waals surface area contributed by atoms with E-state index in [-0.39, 0.29) is 0 Å². The molecule has 0 saturated carbocycles. The third-order valence-corrected chi connectivity index (χ3v) is 3.54. The van der Waals surface area contributed by atoms with Gasteiger partial charge in [-0.3, -0.25) is 4.98 Å². The summed E-state index contributed by atoms with van der Waals surface area (Å²) < 4.78 is 0. The number of pyridine rings is 1. The van der Waals surface area contributed by atoms with Gasteiger partial charge in [0.15, 0.2) is 0 Å². The lowest BCUT2D eigenvalue weighted by Gasteiger charge is -2.10. The Morgan fingerprint density at radius 2 is 2.00 bits per heavy atom. The van der Waals surface area contributed by atoms with Gasteiger partial charge in [-0.15, -0.1) is 0 Å². The van der Waals surface area contributed by atoms with Crippen LogP contribution in [0.3, 0.4) is 0 Å². The van der Waals surface area contributed by atoms with Gasteiger partial charge < -0.3 is 5.73 Å². The summed E-state index contributed by atoms with van der Waals surface area (Å²) in [4.78, 5) is 4.15. The Labute approximate surface area is 116 Å². The van der Waals surface area contributed by atoms with Gasteiger partial charge in [-0.1, -0.05) is 35.9 Å². The molecule has 0 bridgehead atoms. The van der Waals surface area contributed by atoms with Gasteiger partial charge in [0.05, 0.1) is 0 Å². The summed E-state index contributed by atoms with van der Waals surface area (Å²) in [6.45, 7) is 0.526. The normalized spacial score (nSPS) is 10.8. The Morgan fingerprint density at radius 1 is 1.11 bits per heavy atom. The molecular weight excluding hydrogens is 256 g/mol. The van der Waals surface area contributed by atoms with Crippen LogP contribution >= 0.6 is 11.6 Å². The molecule has 0 atom stereocenters. The van der Waals surface area contributed by atoms with Crippen molar-refractivity contribution < 1.29 is 0 Å². The molecule has 3 heteroatoms. The summed E-state index contributed by atoms with van der Waals surface area (Å²) in [5.74, 6) is 0. The maximum atomic E-state index is 6.38. The average molecular weight is 269 g/mol. The Balaban J connectivity index is 2.31. The Bertz CT molecular complexity index is 738. The molecule has 0 unspecified atom stereocenters. The van der Waals surface area contributed by atoms with Gasteiger partial charge in [-0.2, -0.15) is 0 Å². The van der Waals surface area contributed by atoms with Crippen LogP contribution in [0, 0.1) is 0 Å². The molecule has 2 aromatic carbocycles. The van der Waals surface area contributed by atoms with Crippen molar-refractivity contribution in [2.45, 2.75) is 6.54 Å². The minimum Gasteiger partial charge on any atom is -0.326 e. The van der Waals surface area contributed by atoms with E-state index in [9.17, 15) is 0 Å². The number of fused-ring (bicyclic) bond motifs is 1. The number of nitrogens with zero attached hydrogens (tertiary/aromatic N) is 1. The first kappa shape index (κ1) is 12.2. The number of aromatic nitrogens is 1. The fourth-order valence-corrected chi connectivity index (χ4v) is 2.56. The molecule has 0 saturated heterocycles. The highest BCUT2D eigenvalue weighted by Crippen LogP contribution is 2.35. The van der Waals surface area contributed by atoms with Crippen molar-refractivity contribution in [1.29, 1.82) is 0 Å². The zero-order valence-corrected chi connectivity index (χ0v) is 11.1. The van der Waals surface area contributed by atoms with Gasteiger partial charge in [0, 0.05) is 34.9 Å². The number of benzene rings is 2. The predicted octanol–water partition coefficient (Wildman–Crippen LogP) is 4.01. The summed E-state index contributed by atoms with van der Waals surface area (Å²) in [6.07, 6.45) is 3.64. The van der Waals surface area contributed by atoms with Crippen LogP contribution in [0.1, 0.15) is 5.56 Å². The summed E-state index contributed by atoms with van der Waals surface area (Å²) in [5, 5.41) is 2.93. The first-order chi connectivity index (χ1) is 9.29. The Hall–Kier alpha value is -1.90. The van der Waals surface area contributed by atoms with E-state index in [1.807, 2.05) is 36.5 Å². The fourth-order valence-electron chi connectivity index (χ4n) is 2.29. The predicted molar refractivity (Wildman–Crippen MR) is 80.1 cm³/mol. The minimum atomic E-state index is 0.526. The molecule has 3 aromatic rings. The van der Waals surface area contributed by atoms with E-state index in [2.05, 4.69) is 17.1 Å². The molecule has 0 fully saturated rings. The molecular formula is C16H13ClN2. The third-order valence-electron chi connectivity index (χ3n) is 3.22. The Kier molecular flexibility index (Phi) is 3.20. The number of hydrogen-bond donors (Lipinski definition) is 1. The van der Waals surface area contributed by atoms with Crippen molar-refractivity contribution in [3.05, 3.63) is 65.4 Å². The maximum Gasteiger partial charge on any atom is 0.0490 e. The second-order valence-electron chi connectivity index (χ2n) is 4.42. The second-order valence-corrected chi connectivity index (χ2v) is 4.83. The third kappa shape index (κ3) is 2.21. The van der Waals surface area contributed by atoms with E-state index in [0.717, 1.165) is 32.5 Å². The van der Waals surface area contributed by atoms with Crippen molar-refractivity contribution in [2.24, 2.45) is 5.73 Å². The van der Waals surface area contributed by atoms with Crippen molar-refractivity contribution in [1.82, 2.24) is 4.98 Å². The van der Waals surface area contributed by atoms with Crippen LogP contribution < -0.4 is 5.73 Å². The molecule has 1 aromatic heterocycles. The quantitative estimate of drug-likeness (QED) is 0.763. The summed E-state index contributed by atoms with van der Waals surface area (Å²) in [6, 6.07) is 14.1. The van der Waals surface area contributed by atoms with Crippen LogP contribution in [0.4, 0.5) is 0 Å². The molecule has 2 nitrogen and oxygen atoms in total. The van der Waals surface area contributed by atoms with E-state index in [0.29, 0.717) is 6.54 Å². The van der Waals surface area contributed by atoms with E-state index >= 15 is 0 Å². The highest BCUT2D eigenvalue weighted by molar-refractivity contribution is 6.35. The van der Waals surface area contributed by atoms with Crippen molar-refractivity contribution in [3.8, 4) is 11.1 Å². The topological polar surface area (TPSA) is 38.9 Å². The van der Waals surface area contributed by atoms with Crippen LogP contribution in [0.2, 0.25) is 5.02 Å². The first-order valence-electron chi connectivity index (χ1n) is 6.11. The zero-order valence-electron chi connectivity index (χ0n) is 10.3. The monoisotopic (exact) mass is 268 g/mol. The molecule has 0 aliphatic carbocycles. The van der Waals surface area contributed by atoms with Crippen LogP contribution in [-0.4, -0.2) is 4.98 Å². The van der Waals surface area contributed by atoms with Crippen molar-refractivity contribution in [3.63, 3.8) is 0 Å². The minimum absolute atomic E-state index is 0.526. The summed E-state index contributed by atoms with van der Waals surface area (Å²) in [5.41, 5.74) is 8.93. The molecule has 0 amide bonds. The summed E-state index contributed by atoms with van der Waals surface area (Å²) >= 11 is 6.38. The maximum absolute atomic E-state index is 6.38. The largest absolute Gasteiger partial charge is 0.326 e. The molecule has 0 aliphatic heterocycles. The van der Waals surface area contributed by atoms with Crippen LogP contribution in [0.15, 0.2) is 54.9 Å². The van der Waals surface area contributed by atoms with Gasteiger partial charge >= 0.3 is 0 Å². The molecule has 19 heavy (non-hydrogen) atoms.